The fourth-order valence-corrected chi connectivity index (χ4v) is 5.32. The lowest BCUT2D eigenvalue weighted by Crippen LogP contribution is -2.48. The largest absolute Gasteiger partial charge is 0.466 e. The second kappa shape index (κ2) is 18.2. The third-order valence-electron chi connectivity index (χ3n) is 7.43. The zero-order valence-corrected chi connectivity index (χ0v) is 24.3. The zero-order valence-electron chi connectivity index (χ0n) is 24.3. The van der Waals surface area contributed by atoms with Gasteiger partial charge in [0, 0.05) is 19.4 Å². The van der Waals surface area contributed by atoms with Gasteiger partial charge in [-0.05, 0) is 50.9 Å². The molecule has 216 valence electrons. The summed E-state index contributed by atoms with van der Waals surface area (Å²) in [6, 6.07) is 20.8. The monoisotopic (exact) mass is 539 g/mol. The van der Waals surface area contributed by atoms with Gasteiger partial charge in [0.15, 0.2) is 0 Å². The Balaban J connectivity index is 1.67. The molecular formula is C33H49NO5. The van der Waals surface area contributed by atoms with Gasteiger partial charge in [-0.1, -0.05) is 86.8 Å². The maximum Gasteiger partial charge on any atom is 0.305 e. The second-order valence-corrected chi connectivity index (χ2v) is 10.5. The van der Waals surface area contributed by atoms with E-state index in [1.165, 1.54) is 17.5 Å². The van der Waals surface area contributed by atoms with E-state index in [-0.39, 0.29) is 30.3 Å². The number of hydrogen-bond donors (Lipinski definition) is 0. The van der Waals surface area contributed by atoms with Crippen LogP contribution in [0.5, 0.6) is 0 Å². The highest BCUT2D eigenvalue weighted by Gasteiger charge is 2.47. The average molecular weight is 540 g/mol. The predicted molar refractivity (Wildman–Crippen MR) is 155 cm³/mol. The SMILES string of the molecule is CCCCCOC1C(OCc2ccccc2)CC(OCc2ccccc2)C1N(C)CCCCCC(=O)OCC. The Morgan fingerprint density at radius 3 is 2.05 bits per heavy atom. The van der Waals surface area contributed by atoms with E-state index in [4.69, 9.17) is 18.9 Å². The van der Waals surface area contributed by atoms with Gasteiger partial charge < -0.3 is 18.9 Å². The first kappa shape index (κ1) is 31.3. The Morgan fingerprint density at radius 1 is 0.795 bits per heavy atom. The number of esters is 1. The summed E-state index contributed by atoms with van der Waals surface area (Å²) in [5.41, 5.74) is 2.34. The Morgan fingerprint density at radius 2 is 1.44 bits per heavy atom. The lowest BCUT2D eigenvalue weighted by Gasteiger charge is -2.34. The van der Waals surface area contributed by atoms with E-state index in [0.29, 0.717) is 26.2 Å². The first-order chi connectivity index (χ1) is 19.1. The maximum absolute atomic E-state index is 11.7. The molecule has 1 aliphatic rings. The molecule has 39 heavy (non-hydrogen) atoms. The van der Waals surface area contributed by atoms with Gasteiger partial charge in [-0.25, -0.2) is 0 Å². The number of nitrogens with zero attached hydrogens (tertiary/aromatic N) is 1. The maximum atomic E-state index is 11.7. The van der Waals surface area contributed by atoms with Gasteiger partial charge >= 0.3 is 5.97 Å². The molecule has 0 aromatic heterocycles. The molecule has 0 saturated heterocycles. The van der Waals surface area contributed by atoms with Crippen LogP contribution in [0.1, 0.15) is 76.3 Å². The zero-order chi connectivity index (χ0) is 27.7. The Hall–Kier alpha value is -2.25. The number of rotatable bonds is 19. The minimum absolute atomic E-state index is 0.00619. The van der Waals surface area contributed by atoms with Gasteiger partial charge in [0.25, 0.3) is 0 Å². The quantitative estimate of drug-likeness (QED) is 0.149. The van der Waals surface area contributed by atoms with Crippen LogP contribution in [0.25, 0.3) is 0 Å². The van der Waals surface area contributed by atoms with Crippen molar-refractivity contribution in [2.75, 3.05) is 26.8 Å². The Bertz CT molecular complexity index is 909. The van der Waals surface area contributed by atoms with Gasteiger partial charge in [-0.15, -0.1) is 0 Å². The minimum atomic E-state index is -0.102. The molecule has 4 atom stereocenters. The highest BCUT2D eigenvalue weighted by molar-refractivity contribution is 5.69. The molecule has 2 aromatic carbocycles. The molecule has 0 amide bonds. The molecule has 4 unspecified atom stereocenters. The molecule has 0 radical (unpaired) electrons. The number of benzene rings is 2. The first-order valence-corrected chi connectivity index (χ1v) is 14.9. The van der Waals surface area contributed by atoms with Crippen LogP contribution in [-0.4, -0.2) is 62.0 Å². The number of ether oxygens (including phenoxy) is 4. The summed E-state index contributed by atoms with van der Waals surface area (Å²) in [5, 5.41) is 0. The van der Waals surface area contributed by atoms with E-state index in [9.17, 15) is 4.79 Å². The molecular weight excluding hydrogens is 490 g/mol. The fraction of sp³-hybridized carbons (Fsp3) is 0.606. The second-order valence-electron chi connectivity index (χ2n) is 10.5. The van der Waals surface area contributed by atoms with Gasteiger partial charge in [-0.2, -0.15) is 0 Å². The van der Waals surface area contributed by atoms with Crippen molar-refractivity contribution in [2.24, 2.45) is 0 Å². The Kier molecular flexibility index (Phi) is 14.6. The van der Waals surface area contributed by atoms with E-state index in [1.54, 1.807) is 0 Å². The highest BCUT2D eigenvalue weighted by atomic mass is 16.6. The third kappa shape index (κ3) is 11.0. The number of carbonyl (C=O) groups is 1. The van der Waals surface area contributed by atoms with Crippen molar-refractivity contribution in [2.45, 2.75) is 103 Å². The van der Waals surface area contributed by atoms with E-state index < -0.39 is 0 Å². The molecule has 0 aliphatic heterocycles. The molecule has 0 heterocycles. The molecule has 0 bridgehead atoms. The number of carbonyl (C=O) groups excluding carboxylic acids is 1. The summed E-state index contributed by atoms with van der Waals surface area (Å²) >= 11 is 0. The number of unbranched alkanes of at least 4 members (excludes halogenated alkanes) is 4. The summed E-state index contributed by atoms with van der Waals surface area (Å²) in [7, 11) is 2.18. The van der Waals surface area contributed by atoms with Crippen LogP contribution in [0.4, 0.5) is 0 Å². The van der Waals surface area contributed by atoms with Crippen molar-refractivity contribution in [3.05, 3.63) is 71.8 Å². The summed E-state index contributed by atoms with van der Waals surface area (Å²) in [6.07, 6.45) is 7.43. The van der Waals surface area contributed by atoms with Gasteiger partial charge in [-0.3, -0.25) is 9.69 Å². The fourth-order valence-electron chi connectivity index (χ4n) is 5.32. The summed E-state index contributed by atoms with van der Waals surface area (Å²) in [4.78, 5) is 14.1. The molecule has 1 fully saturated rings. The van der Waals surface area contributed by atoms with Gasteiger partial charge in [0.2, 0.25) is 0 Å². The average Bonchev–Trinajstić information content (AvgIpc) is 3.31. The minimum Gasteiger partial charge on any atom is -0.466 e. The summed E-state index contributed by atoms with van der Waals surface area (Å²) in [6.45, 7) is 7.30. The number of likely N-dealkylation sites (N-methyl/N-ethyl adjacent to an activating group) is 1. The van der Waals surface area contributed by atoms with E-state index in [1.807, 2.05) is 19.1 Å². The molecule has 6 heteroatoms. The van der Waals surface area contributed by atoms with Gasteiger partial charge in [0.1, 0.15) is 6.10 Å². The molecule has 1 saturated carbocycles. The highest BCUT2D eigenvalue weighted by Crippen LogP contribution is 2.33. The summed E-state index contributed by atoms with van der Waals surface area (Å²) < 4.78 is 24.8. The van der Waals surface area contributed by atoms with Crippen molar-refractivity contribution in [3.8, 4) is 0 Å². The van der Waals surface area contributed by atoms with E-state index in [2.05, 4.69) is 67.4 Å². The summed E-state index contributed by atoms with van der Waals surface area (Å²) in [5.74, 6) is -0.102. The van der Waals surface area contributed by atoms with Crippen molar-refractivity contribution in [3.63, 3.8) is 0 Å². The molecule has 0 spiro atoms. The van der Waals surface area contributed by atoms with Crippen molar-refractivity contribution < 1.29 is 23.7 Å². The third-order valence-corrected chi connectivity index (χ3v) is 7.43. The van der Waals surface area contributed by atoms with E-state index in [0.717, 1.165) is 51.7 Å². The van der Waals surface area contributed by atoms with Crippen LogP contribution in [0, 0.1) is 0 Å². The lowest BCUT2D eigenvalue weighted by atomic mass is 10.1. The normalized spacial score (nSPS) is 20.9. The van der Waals surface area contributed by atoms with Crippen molar-refractivity contribution in [1.82, 2.24) is 4.90 Å². The van der Waals surface area contributed by atoms with Crippen molar-refractivity contribution >= 4 is 5.97 Å². The molecule has 0 N–H and O–H groups in total. The van der Waals surface area contributed by atoms with E-state index >= 15 is 0 Å². The number of hydrogen-bond acceptors (Lipinski definition) is 6. The van der Waals surface area contributed by atoms with Crippen LogP contribution >= 0.6 is 0 Å². The van der Waals surface area contributed by atoms with Gasteiger partial charge in [0.05, 0.1) is 38.1 Å². The lowest BCUT2D eigenvalue weighted by molar-refractivity contribution is -0.143. The molecule has 2 aromatic rings. The molecule has 3 rings (SSSR count). The smallest absolute Gasteiger partial charge is 0.305 e. The van der Waals surface area contributed by atoms with Crippen LogP contribution in [0.15, 0.2) is 60.7 Å². The molecule has 1 aliphatic carbocycles. The predicted octanol–water partition coefficient (Wildman–Crippen LogP) is 6.56. The van der Waals surface area contributed by atoms with Crippen LogP contribution in [0.3, 0.4) is 0 Å². The van der Waals surface area contributed by atoms with Crippen molar-refractivity contribution in [1.29, 1.82) is 0 Å². The van der Waals surface area contributed by atoms with Crippen LogP contribution in [0.2, 0.25) is 0 Å². The standard InChI is InChI=1S/C33H49NO5/c1-4-6-16-23-37-33-30(39-26-28-19-12-8-13-20-28)24-29(38-25-27-17-10-7-11-18-27)32(33)34(3)22-15-9-14-21-31(35)36-5-2/h7-8,10-13,17-20,29-30,32-33H,4-6,9,14-16,21-26H2,1-3H3. The molecule has 6 nitrogen and oxygen atoms in total. The van der Waals surface area contributed by atoms with Crippen LogP contribution in [-0.2, 0) is 37.0 Å². The Labute approximate surface area is 236 Å². The van der Waals surface area contributed by atoms with Crippen LogP contribution < -0.4 is 0 Å². The topological polar surface area (TPSA) is 57.2 Å². The first-order valence-electron chi connectivity index (χ1n) is 14.9.